The van der Waals surface area contributed by atoms with Crippen LogP contribution < -0.4 is 0 Å². The molecule has 1 saturated carbocycles. The van der Waals surface area contributed by atoms with Gasteiger partial charge in [0, 0.05) is 37.0 Å². The summed E-state index contributed by atoms with van der Waals surface area (Å²) < 4.78 is 11.8. The number of carbonyl (C=O) groups is 2. The van der Waals surface area contributed by atoms with Crippen molar-refractivity contribution in [3.05, 3.63) is 22.8 Å². The Bertz CT molecular complexity index is 1210. The zero-order valence-corrected chi connectivity index (χ0v) is 27.5. The summed E-state index contributed by atoms with van der Waals surface area (Å²) in [5, 5.41) is 52.2. The van der Waals surface area contributed by atoms with Crippen LogP contribution in [0.15, 0.2) is 22.8 Å². The smallest absolute Gasteiger partial charge is 0.186 e. The number of allylic oxidation sites excluding steroid dienone is 2. The van der Waals surface area contributed by atoms with Gasteiger partial charge in [0.15, 0.2) is 6.29 Å². The SMILES string of the molecule is C[C@H](CC(=O)CC(C)(C)O)[C@H]1C(=O)C[C@@]2(C)[C@@H]3CCC4=C(CC3=CC[C@]12C)[C@@H](O)C[C@H](O[C@@H]1OC[C@H](O)[C@H](O)[C@H]1O)C4(C)C. The molecule has 1 heterocycles. The van der Waals surface area contributed by atoms with E-state index in [1.165, 1.54) is 5.57 Å². The van der Waals surface area contributed by atoms with E-state index in [9.17, 15) is 35.1 Å². The van der Waals surface area contributed by atoms with Crippen LogP contribution in [0.1, 0.15) is 99.8 Å². The van der Waals surface area contributed by atoms with E-state index >= 15 is 0 Å². The molecule has 9 heteroatoms. The van der Waals surface area contributed by atoms with E-state index in [1.807, 2.05) is 6.92 Å². The number of rotatable bonds is 7. The fourth-order valence-corrected chi connectivity index (χ4v) is 9.79. The summed E-state index contributed by atoms with van der Waals surface area (Å²) in [4.78, 5) is 26.6. The lowest BCUT2D eigenvalue weighted by Crippen LogP contribution is -2.56. The van der Waals surface area contributed by atoms with Crippen LogP contribution in [-0.4, -0.2) is 86.1 Å². The number of ketones is 2. The van der Waals surface area contributed by atoms with Crippen molar-refractivity contribution in [3.8, 4) is 0 Å². The largest absolute Gasteiger partial charge is 0.390 e. The summed E-state index contributed by atoms with van der Waals surface area (Å²) in [6.45, 7) is 13.8. The summed E-state index contributed by atoms with van der Waals surface area (Å²) in [5.74, 6) is 0.00696. The lowest BCUT2D eigenvalue weighted by atomic mass is 9.51. The molecule has 11 atom stereocenters. The second kappa shape index (κ2) is 11.7. The minimum atomic E-state index is -1.40. The summed E-state index contributed by atoms with van der Waals surface area (Å²) in [6.07, 6.45) is 0.125. The Kier molecular flexibility index (Phi) is 8.98. The maximum absolute atomic E-state index is 13.8. The van der Waals surface area contributed by atoms with Crippen molar-refractivity contribution in [2.75, 3.05) is 6.61 Å². The quantitative estimate of drug-likeness (QED) is 0.270. The van der Waals surface area contributed by atoms with Gasteiger partial charge in [0.2, 0.25) is 0 Å². The molecule has 0 aromatic carbocycles. The second-order valence-electron chi connectivity index (χ2n) is 16.3. The molecule has 9 nitrogen and oxygen atoms in total. The molecule has 248 valence electrons. The number of hydrogen-bond acceptors (Lipinski definition) is 9. The monoisotopic (exact) mass is 618 g/mol. The van der Waals surface area contributed by atoms with E-state index in [0.717, 1.165) is 30.4 Å². The van der Waals surface area contributed by atoms with Gasteiger partial charge in [-0.15, -0.1) is 0 Å². The Morgan fingerprint density at radius 2 is 1.80 bits per heavy atom. The first-order valence-corrected chi connectivity index (χ1v) is 16.5. The first kappa shape index (κ1) is 33.9. The standard InChI is InChI=1S/C35H54O9/c1-18(12-20(36)15-32(2,3)42)28-25(38)16-35(7)22-8-9-23-21(13-19(22)10-11-34(28,35)6)24(37)14-27(33(23,4)5)44-31-30(41)29(40)26(39)17-43-31/h10,18,22,24,26-31,37,39-42H,8-9,11-17H2,1-7H3/t18-,22-,24+,26+,27+,28+,29+,30-,31+,34-,35+/m1/s1. The van der Waals surface area contributed by atoms with E-state index in [-0.39, 0.29) is 59.6 Å². The second-order valence-corrected chi connectivity index (χ2v) is 16.3. The van der Waals surface area contributed by atoms with E-state index in [2.05, 4.69) is 33.8 Å². The minimum absolute atomic E-state index is 0.0155. The van der Waals surface area contributed by atoms with Crippen molar-refractivity contribution >= 4 is 11.6 Å². The molecule has 0 unspecified atom stereocenters. The normalized spacial score (nSPS) is 43.0. The highest BCUT2D eigenvalue weighted by Crippen LogP contribution is 2.68. The van der Waals surface area contributed by atoms with Crippen molar-refractivity contribution in [2.24, 2.45) is 34.0 Å². The molecule has 0 amide bonds. The van der Waals surface area contributed by atoms with Crippen molar-refractivity contribution < 1.29 is 44.6 Å². The van der Waals surface area contributed by atoms with Crippen LogP contribution in [0, 0.1) is 34.0 Å². The van der Waals surface area contributed by atoms with Crippen molar-refractivity contribution in [2.45, 2.75) is 142 Å². The highest BCUT2D eigenvalue weighted by Gasteiger charge is 2.64. The third-order valence-corrected chi connectivity index (χ3v) is 12.3. The van der Waals surface area contributed by atoms with E-state index in [0.29, 0.717) is 19.3 Å². The molecule has 0 aromatic heterocycles. The molecule has 0 bridgehead atoms. The number of aliphatic hydroxyl groups is 5. The van der Waals surface area contributed by atoms with Crippen LogP contribution in [0.5, 0.6) is 0 Å². The molecule has 0 aromatic rings. The topological polar surface area (TPSA) is 154 Å². The number of Topliss-reactive ketones (excluding diaryl/α,β-unsaturated/α-hetero) is 2. The molecule has 1 saturated heterocycles. The predicted molar refractivity (Wildman–Crippen MR) is 163 cm³/mol. The van der Waals surface area contributed by atoms with Gasteiger partial charge >= 0.3 is 0 Å². The van der Waals surface area contributed by atoms with Gasteiger partial charge in [-0.3, -0.25) is 9.59 Å². The van der Waals surface area contributed by atoms with E-state index in [4.69, 9.17) is 9.47 Å². The fraction of sp³-hybridized carbons (Fsp3) is 0.829. The van der Waals surface area contributed by atoms with Gasteiger partial charge in [0.05, 0.1) is 24.4 Å². The number of carbonyl (C=O) groups excluding carboxylic acids is 2. The molecule has 0 radical (unpaired) electrons. The molecule has 2 fully saturated rings. The van der Waals surface area contributed by atoms with Crippen LogP contribution in [0.25, 0.3) is 0 Å². The lowest BCUT2D eigenvalue weighted by molar-refractivity contribution is -0.292. The number of fused-ring (bicyclic) bond motifs is 3. The Morgan fingerprint density at radius 1 is 1.11 bits per heavy atom. The molecule has 4 aliphatic carbocycles. The zero-order valence-electron chi connectivity index (χ0n) is 27.5. The molecular weight excluding hydrogens is 564 g/mol. The molecular formula is C35H54O9. The summed E-state index contributed by atoms with van der Waals surface area (Å²) in [7, 11) is 0. The van der Waals surface area contributed by atoms with E-state index in [1.54, 1.807) is 13.8 Å². The van der Waals surface area contributed by atoms with Crippen LogP contribution in [0.2, 0.25) is 0 Å². The van der Waals surface area contributed by atoms with Gasteiger partial charge in [-0.2, -0.15) is 0 Å². The molecule has 5 rings (SSSR count). The molecule has 0 spiro atoms. The van der Waals surface area contributed by atoms with Gasteiger partial charge in [-0.1, -0.05) is 51.8 Å². The third-order valence-electron chi connectivity index (χ3n) is 12.3. The third kappa shape index (κ3) is 5.69. The summed E-state index contributed by atoms with van der Waals surface area (Å²) in [6, 6.07) is 0. The average molecular weight is 619 g/mol. The summed E-state index contributed by atoms with van der Waals surface area (Å²) >= 11 is 0. The lowest BCUT2D eigenvalue weighted by Gasteiger charge is -2.53. The Balaban J connectivity index is 1.37. The molecule has 1 aliphatic heterocycles. The van der Waals surface area contributed by atoms with Crippen molar-refractivity contribution in [1.29, 1.82) is 0 Å². The minimum Gasteiger partial charge on any atom is -0.390 e. The maximum Gasteiger partial charge on any atom is 0.186 e. The van der Waals surface area contributed by atoms with Crippen molar-refractivity contribution in [1.82, 2.24) is 0 Å². The molecule has 5 N–H and O–H groups in total. The van der Waals surface area contributed by atoms with Crippen LogP contribution >= 0.6 is 0 Å². The molecule has 44 heavy (non-hydrogen) atoms. The number of aliphatic hydroxyl groups excluding tert-OH is 4. The first-order valence-electron chi connectivity index (χ1n) is 16.5. The van der Waals surface area contributed by atoms with Gasteiger partial charge in [0.1, 0.15) is 29.9 Å². The fourth-order valence-electron chi connectivity index (χ4n) is 9.79. The van der Waals surface area contributed by atoms with Crippen molar-refractivity contribution in [3.63, 3.8) is 0 Å². The maximum atomic E-state index is 13.8. The van der Waals surface area contributed by atoms with Gasteiger partial charge < -0.3 is 35.0 Å². The van der Waals surface area contributed by atoms with Gasteiger partial charge in [-0.05, 0) is 67.8 Å². The Labute approximate surface area is 261 Å². The average Bonchev–Trinajstić information content (AvgIpc) is 3.01. The van der Waals surface area contributed by atoms with Crippen LogP contribution in [0.3, 0.4) is 0 Å². The Morgan fingerprint density at radius 3 is 2.45 bits per heavy atom. The highest BCUT2D eigenvalue weighted by atomic mass is 16.7. The predicted octanol–water partition coefficient (Wildman–Crippen LogP) is 3.39. The molecule has 5 aliphatic rings. The van der Waals surface area contributed by atoms with Gasteiger partial charge in [0.25, 0.3) is 0 Å². The van der Waals surface area contributed by atoms with E-state index < -0.39 is 47.8 Å². The highest BCUT2D eigenvalue weighted by molar-refractivity contribution is 5.87. The van der Waals surface area contributed by atoms with Crippen LogP contribution in [0.4, 0.5) is 0 Å². The van der Waals surface area contributed by atoms with Gasteiger partial charge in [-0.25, -0.2) is 0 Å². The summed E-state index contributed by atoms with van der Waals surface area (Å²) in [5.41, 5.74) is 1.29. The number of hydrogen-bond donors (Lipinski definition) is 5. The number of ether oxygens (including phenoxy) is 2. The Hall–Kier alpha value is -1.46. The first-order chi connectivity index (χ1) is 20.3. The van der Waals surface area contributed by atoms with Crippen LogP contribution in [-0.2, 0) is 19.1 Å². The zero-order chi connectivity index (χ0) is 32.6.